The predicted octanol–water partition coefficient (Wildman–Crippen LogP) is 2.33. The van der Waals surface area contributed by atoms with Gasteiger partial charge in [0.05, 0.1) is 7.11 Å². The van der Waals surface area contributed by atoms with Crippen molar-refractivity contribution in [3.63, 3.8) is 0 Å². The molecular weight excluding hydrogens is 268 g/mol. The summed E-state index contributed by atoms with van der Waals surface area (Å²) < 4.78 is 5.08. The summed E-state index contributed by atoms with van der Waals surface area (Å²) >= 11 is 0. The maximum absolute atomic E-state index is 11.8. The Kier molecular flexibility index (Phi) is 7.53. The number of hydrogen-bond acceptors (Lipinski definition) is 4. The van der Waals surface area contributed by atoms with Crippen LogP contribution in [0.2, 0.25) is 0 Å². The monoisotopic (exact) mass is 294 g/mol. The van der Waals surface area contributed by atoms with Crippen LogP contribution in [0, 0.1) is 0 Å². The number of methoxy groups -OCH3 is 1. The van der Waals surface area contributed by atoms with E-state index in [2.05, 4.69) is 41.4 Å². The molecule has 0 fully saturated rings. The van der Waals surface area contributed by atoms with Gasteiger partial charge in [0.15, 0.2) is 0 Å². The van der Waals surface area contributed by atoms with Gasteiger partial charge < -0.3 is 20.3 Å². The summed E-state index contributed by atoms with van der Waals surface area (Å²) in [4.78, 5) is 18.1. The van der Waals surface area contributed by atoms with Crippen molar-refractivity contribution in [2.45, 2.75) is 32.7 Å². The van der Waals surface area contributed by atoms with Gasteiger partial charge in [-0.2, -0.15) is 0 Å². The first-order valence-corrected chi connectivity index (χ1v) is 7.28. The van der Waals surface area contributed by atoms with Gasteiger partial charge in [-0.25, -0.2) is 9.78 Å². The molecule has 0 aromatic carbocycles. The van der Waals surface area contributed by atoms with Crippen molar-refractivity contribution in [2.24, 2.45) is 0 Å². The first kappa shape index (κ1) is 17.2. The number of amides is 2. The number of hydrogen-bond donors (Lipinski definition) is 2. The van der Waals surface area contributed by atoms with E-state index in [-0.39, 0.29) is 6.03 Å². The van der Waals surface area contributed by atoms with Crippen LogP contribution in [-0.4, -0.2) is 49.2 Å². The number of carbonyl (C=O) groups is 1. The summed E-state index contributed by atoms with van der Waals surface area (Å²) in [6.07, 6.45) is 3.63. The summed E-state index contributed by atoms with van der Waals surface area (Å²) in [5.41, 5.74) is 0.567. The normalized spacial score (nSPS) is 10.8. The molecule has 1 aromatic rings. The third-order valence-corrected chi connectivity index (χ3v) is 3.32. The van der Waals surface area contributed by atoms with E-state index in [1.807, 2.05) is 0 Å². The van der Waals surface area contributed by atoms with Crippen LogP contribution in [-0.2, 0) is 0 Å². The fourth-order valence-corrected chi connectivity index (χ4v) is 1.76. The van der Waals surface area contributed by atoms with Gasteiger partial charge in [0.1, 0.15) is 5.69 Å². The maximum atomic E-state index is 11.8. The molecule has 0 radical (unpaired) electrons. The van der Waals surface area contributed by atoms with Gasteiger partial charge in [0.25, 0.3) is 0 Å². The molecule has 0 aliphatic rings. The second kappa shape index (κ2) is 9.18. The highest BCUT2D eigenvalue weighted by molar-refractivity contribution is 5.90. The van der Waals surface area contributed by atoms with Gasteiger partial charge in [-0.3, -0.25) is 0 Å². The first-order chi connectivity index (χ1) is 10.0. The molecule has 0 unspecified atom stereocenters. The molecule has 1 aromatic heterocycles. The van der Waals surface area contributed by atoms with Crippen LogP contribution >= 0.6 is 0 Å². The molecular formula is C15H26N4O2. The molecule has 0 aliphatic carbocycles. The van der Waals surface area contributed by atoms with Crippen LogP contribution in [0.3, 0.4) is 0 Å². The van der Waals surface area contributed by atoms with E-state index in [0.29, 0.717) is 24.2 Å². The number of unbranched alkanes of at least 4 members (excludes halogenated alkanes) is 1. The van der Waals surface area contributed by atoms with Crippen LogP contribution in [0.5, 0.6) is 5.88 Å². The zero-order valence-corrected chi connectivity index (χ0v) is 13.3. The Morgan fingerprint density at radius 3 is 2.86 bits per heavy atom. The number of anilines is 1. The lowest BCUT2D eigenvalue weighted by Crippen LogP contribution is -2.31. The van der Waals surface area contributed by atoms with E-state index >= 15 is 0 Å². The zero-order valence-electron chi connectivity index (χ0n) is 13.3. The molecule has 0 atom stereocenters. The molecule has 6 heteroatoms. The largest absolute Gasteiger partial charge is 0.480 e. The van der Waals surface area contributed by atoms with Gasteiger partial charge in [-0.05, 0) is 52.4 Å². The third kappa shape index (κ3) is 6.44. The van der Waals surface area contributed by atoms with Crippen molar-refractivity contribution >= 4 is 11.7 Å². The van der Waals surface area contributed by atoms with Gasteiger partial charge in [0.2, 0.25) is 5.88 Å². The van der Waals surface area contributed by atoms with Gasteiger partial charge in [-0.15, -0.1) is 0 Å². The number of pyridine rings is 1. The van der Waals surface area contributed by atoms with Crippen LogP contribution < -0.4 is 15.4 Å². The summed E-state index contributed by atoms with van der Waals surface area (Å²) in [5, 5.41) is 5.56. The molecule has 2 amide bonds. The average molecular weight is 294 g/mol. The number of nitrogens with zero attached hydrogens (tertiary/aromatic N) is 2. The lowest BCUT2D eigenvalue weighted by Gasteiger charge is -2.20. The van der Waals surface area contributed by atoms with E-state index in [1.54, 1.807) is 18.3 Å². The fraction of sp³-hybridized carbons (Fsp3) is 0.600. The molecule has 0 spiro atoms. The molecule has 1 rings (SSSR count). The standard InChI is InChI=1S/C15H26N4O2/c1-12(2)19(3)11-6-5-9-17-15(20)18-13-8-7-10-16-14(13)21-4/h7-8,10,12H,5-6,9,11H2,1-4H3,(H2,17,18,20). The minimum atomic E-state index is -0.237. The van der Waals surface area contributed by atoms with Crippen molar-refractivity contribution in [1.82, 2.24) is 15.2 Å². The smallest absolute Gasteiger partial charge is 0.319 e. The summed E-state index contributed by atoms with van der Waals surface area (Å²) in [5.74, 6) is 0.409. The van der Waals surface area contributed by atoms with Crippen LogP contribution in [0.1, 0.15) is 26.7 Å². The Bertz CT molecular complexity index is 437. The Morgan fingerprint density at radius 1 is 1.43 bits per heavy atom. The van der Waals surface area contributed by atoms with E-state index < -0.39 is 0 Å². The van der Waals surface area contributed by atoms with Crippen molar-refractivity contribution in [2.75, 3.05) is 32.6 Å². The Labute approximate surface area is 126 Å². The number of nitrogens with one attached hydrogen (secondary N) is 2. The Morgan fingerprint density at radius 2 is 2.19 bits per heavy atom. The maximum Gasteiger partial charge on any atom is 0.319 e. The second-order valence-electron chi connectivity index (χ2n) is 5.22. The van der Waals surface area contributed by atoms with E-state index in [9.17, 15) is 4.79 Å². The van der Waals surface area contributed by atoms with E-state index in [4.69, 9.17) is 4.74 Å². The SMILES string of the molecule is COc1ncccc1NC(=O)NCCCCN(C)C(C)C. The molecule has 0 bridgehead atoms. The number of carbonyl (C=O) groups excluding carboxylic acids is 1. The van der Waals surface area contributed by atoms with Crippen LogP contribution in [0.25, 0.3) is 0 Å². The lowest BCUT2D eigenvalue weighted by molar-refractivity contribution is 0.250. The average Bonchev–Trinajstić information content (AvgIpc) is 2.47. The number of aromatic nitrogens is 1. The summed E-state index contributed by atoms with van der Waals surface area (Å²) in [6, 6.07) is 3.82. The summed E-state index contributed by atoms with van der Waals surface area (Å²) in [6.45, 7) is 6.04. The van der Waals surface area contributed by atoms with Gasteiger partial charge in [0, 0.05) is 18.8 Å². The third-order valence-electron chi connectivity index (χ3n) is 3.32. The second-order valence-corrected chi connectivity index (χ2v) is 5.22. The lowest BCUT2D eigenvalue weighted by atomic mass is 10.2. The van der Waals surface area contributed by atoms with Crippen LogP contribution in [0.15, 0.2) is 18.3 Å². The molecule has 118 valence electrons. The van der Waals surface area contributed by atoms with Crippen LogP contribution in [0.4, 0.5) is 10.5 Å². The van der Waals surface area contributed by atoms with Gasteiger partial charge in [-0.1, -0.05) is 0 Å². The zero-order chi connectivity index (χ0) is 15.7. The minimum Gasteiger partial charge on any atom is -0.480 e. The minimum absolute atomic E-state index is 0.237. The number of ether oxygens (including phenoxy) is 1. The number of urea groups is 1. The first-order valence-electron chi connectivity index (χ1n) is 7.28. The molecule has 21 heavy (non-hydrogen) atoms. The topological polar surface area (TPSA) is 66.5 Å². The molecule has 0 saturated heterocycles. The fourth-order valence-electron chi connectivity index (χ4n) is 1.76. The highest BCUT2D eigenvalue weighted by Gasteiger charge is 2.07. The molecule has 0 saturated carbocycles. The molecule has 1 heterocycles. The Balaban J connectivity index is 2.23. The molecule has 2 N–H and O–H groups in total. The Hall–Kier alpha value is -1.82. The molecule has 6 nitrogen and oxygen atoms in total. The van der Waals surface area contributed by atoms with E-state index in [0.717, 1.165) is 19.4 Å². The van der Waals surface area contributed by atoms with Crippen molar-refractivity contribution in [3.8, 4) is 5.88 Å². The quantitative estimate of drug-likeness (QED) is 0.722. The van der Waals surface area contributed by atoms with Crippen molar-refractivity contribution in [3.05, 3.63) is 18.3 Å². The van der Waals surface area contributed by atoms with Gasteiger partial charge >= 0.3 is 6.03 Å². The van der Waals surface area contributed by atoms with Crippen molar-refractivity contribution in [1.29, 1.82) is 0 Å². The summed E-state index contributed by atoms with van der Waals surface area (Å²) in [7, 11) is 3.64. The predicted molar refractivity (Wildman–Crippen MR) is 84.8 cm³/mol. The highest BCUT2D eigenvalue weighted by Crippen LogP contribution is 2.19. The number of rotatable bonds is 8. The highest BCUT2D eigenvalue weighted by atomic mass is 16.5. The van der Waals surface area contributed by atoms with Crippen molar-refractivity contribution < 1.29 is 9.53 Å². The molecule has 0 aliphatic heterocycles. The van der Waals surface area contributed by atoms with E-state index in [1.165, 1.54) is 7.11 Å².